The Bertz CT molecular complexity index is 2380. The predicted molar refractivity (Wildman–Crippen MR) is 207 cm³/mol. The molecule has 0 bridgehead atoms. The highest BCUT2D eigenvalue weighted by atomic mass is 16.5. The summed E-state index contributed by atoms with van der Waals surface area (Å²) in [7, 11) is 0. The van der Waals surface area contributed by atoms with Gasteiger partial charge in [0.1, 0.15) is 11.9 Å². The van der Waals surface area contributed by atoms with Gasteiger partial charge >= 0.3 is 0 Å². The number of hydrogen-bond acceptors (Lipinski definition) is 2. The van der Waals surface area contributed by atoms with E-state index in [4.69, 9.17) is 4.74 Å². The zero-order valence-electron chi connectivity index (χ0n) is 28.2. The van der Waals surface area contributed by atoms with Crippen LogP contribution >= 0.6 is 0 Å². The Morgan fingerprint density at radius 2 is 1.26 bits per heavy atom. The van der Waals surface area contributed by atoms with Crippen LogP contribution in [0.1, 0.15) is 52.4 Å². The second-order valence-corrected chi connectivity index (χ2v) is 14.5. The minimum Gasteiger partial charge on any atom is -0.486 e. The van der Waals surface area contributed by atoms with Gasteiger partial charge in [0.05, 0.1) is 17.5 Å². The molecule has 0 saturated carbocycles. The molecule has 2 heterocycles. The smallest absolute Gasteiger partial charge is 0.135 e. The fraction of sp³-hybridized carbons (Fsp3) is 0.167. The Morgan fingerprint density at radius 3 is 2.00 bits per heavy atom. The maximum Gasteiger partial charge on any atom is 0.135 e. The third-order valence-corrected chi connectivity index (χ3v) is 11.7. The summed E-state index contributed by atoms with van der Waals surface area (Å²) in [5.41, 5.74) is 8.92. The normalized spacial score (nSPS) is 23.7. The molecule has 0 radical (unpaired) electrons. The van der Waals surface area contributed by atoms with Crippen LogP contribution in [0.15, 0.2) is 164 Å². The van der Waals surface area contributed by atoms with E-state index >= 15 is 0 Å². The van der Waals surface area contributed by atoms with Crippen molar-refractivity contribution in [2.45, 2.75) is 43.4 Å². The van der Waals surface area contributed by atoms with Crippen molar-refractivity contribution in [3.8, 4) is 5.75 Å². The number of hydrogen-bond donors (Lipinski definition) is 0. The molecule has 5 unspecified atom stereocenters. The fourth-order valence-electron chi connectivity index (χ4n) is 9.69. The quantitative estimate of drug-likeness (QED) is 0.177. The number of fused-ring (bicyclic) bond motifs is 9. The molecule has 0 amide bonds. The maximum atomic E-state index is 7.88. The Balaban J connectivity index is 1.34. The topological polar surface area (TPSA) is 12.5 Å². The minimum atomic E-state index is -0.394. The lowest BCUT2D eigenvalue weighted by Gasteiger charge is -2.46. The highest BCUT2D eigenvalue weighted by molar-refractivity contribution is 6.14. The highest BCUT2D eigenvalue weighted by Gasteiger charge is 2.64. The summed E-state index contributed by atoms with van der Waals surface area (Å²) in [5.74, 6) is 1.53. The summed E-state index contributed by atoms with van der Waals surface area (Å²) in [6.07, 6.45) is 6.53. The van der Waals surface area contributed by atoms with Gasteiger partial charge in [-0.25, -0.2) is 0 Å². The van der Waals surface area contributed by atoms with E-state index in [1.165, 1.54) is 60.6 Å². The molecule has 2 heteroatoms. The maximum absolute atomic E-state index is 7.88. The van der Waals surface area contributed by atoms with Crippen LogP contribution in [0.2, 0.25) is 0 Å². The van der Waals surface area contributed by atoms with Crippen LogP contribution in [0.4, 0.5) is 5.69 Å². The van der Waals surface area contributed by atoms with Crippen LogP contribution in [0.3, 0.4) is 0 Å². The first-order valence-electron chi connectivity index (χ1n) is 18.1. The molecule has 2 aliphatic heterocycles. The standard InChI is InChI=1S/C48H39NO/c1-32-26-28-39-41(30-32)42-31-48(36-21-10-4-11-22-36)46(35-19-8-3-9-20-35)49(37-23-12-5-13-24-37)44(34-17-6-2-7-18-34)47(48)50-45(42)40-29-27-33-16-14-15-25-38(33)43(39)40/h2-29,32,44,46-47H,30-31H2,1H3. The van der Waals surface area contributed by atoms with Crippen LogP contribution in [-0.2, 0) is 18.3 Å². The van der Waals surface area contributed by atoms with Crippen molar-refractivity contribution in [1.29, 1.82) is 0 Å². The molecule has 1 fully saturated rings. The summed E-state index contributed by atoms with van der Waals surface area (Å²) in [6, 6.07) is 58.1. The average Bonchev–Trinajstić information content (AvgIpc) is 3.49. The SMILES string of the molecule is CC1C=Cc2c(c3c(c4ccc5ccccc5c24)OC2C(c4ccccc4)N(c4ccccc4)C(c4ccccc4)C2(c2ccccc2)C3)C1. The number of rotatable bonds is 4. The van der Waals surface area contributed by atoms with E-state index in [-0.39, 0.29) is 18.2 Å². The van der Waals surface area contributed by atoms with Crippen LogP contribution in [0, 0.1) is 5.92 Å². The van der Waals surface area contributed by atoms with E-state index in [0.29, 0.717) is 5.92 Å². The summed E-state index contributed by atoms with van der Waals surface area (Å²) in [4.78, 5) is 2.70. The summed E-state index contributed by atoms with van der Waals surface area (Å²) in [5, 5.41) is 5.11. The molecule has 0 aromatic heterocycles. The second-order valence-electron chi connectivity index (χ2n) is 14.5. The van der Waals surface area contributed by atoms with Crippen molar-refractivity contribution >= 4 is 33.3 Å². The van der Waals surface area contributed by atoms with E-state index in [9.17, 15) is 0 Å². The first kappa shape index (κ1) is 29.3. The highest BCUT2D eigenvalue weighted by Crippen LogP contribution is 2.64. The first-order chi connectivity index (χ1) is 24.7. The van der Waals surface area contributed by atoms with Gasteiger partial charge in [0.15, 0.2) is 0 Å². The minimum absolute atomic E-state index is 0.0105. The molecule has 0 N–H and O–H groups in total. The van der Waals surface area contributed by atoms with Gasteiger partial charge in [0.25, 0.3) is 0 Å². The van der Waals surface area contributed by atoms with Gasteiger partial charge in [0.2, 0.25) is 0 Å². The first-order valence-corrected chi connectivity index (χ1v) is 18.1. The van der Waals surface area contributed by atoms with Crippen LogP contribution < -0.4 is 9.64 Å². The molecule has 242 valence electrons. The number of ether oxygens (including phenoxy) is 1. The van der Waals surface area contributed by atoms with E-state index < -0.39 is 5.41 Å². The molecule has 0 spiro atoms. The number of benzene rings is 7. The third-order valence-electron chi connectivity index (χ3n) is 11.7. The molecular formula is C48H39NO. The van der Waals surface area contributed by atoms with Gasteiger partial charge < -0.3 is 9.64 Å². The summed E-state index contributed by atoms with van der Waals surface area (Å²) >= 11 is 0. The Kier molecular flexibility index (Phi) is 6.74. The third kappa shape index (κ3) is 4.27. The summed E-state index contributed by atoms with van der Waals surface area (Å²) in [6.45, 7) is 2.35. The van der Waals surface area contributed by atoms with Crippen molar-refractivity contribution in [1.82, 2.24) is 0 Å². The van der Waals surface area contributed by atoms with Crippen molar-refractivity contribution < 1.29 is 4.74 Å². The van der Waals surface area contributed by atoms with Gasteiger partial charge in [-0.05, 0) is 81.1 Å². The van der Waals surface area contributed by atoms with Crippen molar-refractivity contribution in [2.24, 2.45) is 5.92 Å². The Labute approximate surface area is 294 Å². The monoisotopic (exact) mass is 645 g/mol. The second kappa shape index (κ2) is 11.5. The molecule has 10 rings (SSSR count). The zero-order valence-corrected chi connectivity index (χ0v) is 28.2. The van der Waals surface area contributed by atoms with Crippen molar-refractivity contribution in [3.05, 3.63) is 197 Å². The van der Waals surface area contributed by atoms with Gasteiger partial charge in [-0.2, -0.15) is 0 Å². The van der Waals surface area contributed by atoms with Crippen LogP contribution in [0.5, 0.6) is 5.75 Å². The van der Waals surface area contributed by atoms with Gasteiger partial charge in [-0.3, -0.25) is 0 Å². The predicted octanol–water partition coefficient (Wildman–Crippen LogP) is 11.4. The molecule has 7 aromatic carbocycles. The van der Waals surface area contributed by atoms with Gasteiger partial charge in [-0.15, -0.1) is 0 Å². The lowest BCUT2D eigenvalue weighted by molar-refractivity contribution is 0.0912. The number of para-hydroxylation sites is 1. The molecule has 50 heavy (non-hydrogen) atoms. The van der Waals surface area contributed by atoms with E-state index in [1.807, 2.05) is 0 Å². The lowest BCUT2D eigenvalue weighted by atomic mass is 9.63. The Morgan fingerprint density at radius 1 is 0.620 bits per heavy atom. The zero-order chi connectivity index (χ0) is 33.2. The van der Waals surface area contributed by atoms with Crippen molar-refractivity contribution in [2.75, 3.05) is 4.90 Å². The number of allylic oxidation sites excluding steroid dienone is 1. The largest absolute Gasteiger partial charge is 0.486 e. The molecule has 3 aliphatic rings. The number of anilines is 1. The molecule has 7 aromatic rings. The molecule has 1 aliphatic carbocycles. The van der Waals surface area contributed by atoms with Crippen LogP contribution in [-0.4, -0.2) is 6.10 Å². The lowest BCUT2D eigenvalue weighted by Crippen LogP contribution is -2.49. The number of nitrogens with zero attached hydrogens (tertiary/aromatic N) is 1. The van der Waals surface area contributed by atoms with Gasteiger partial charge in [0, 0.05) is 16.5 Å². The average molecular weight is 646 g/mol. The fourth-order valence-corrected chi connectivity index (χ4v) is 9.69. The van der Waals surface area contributed by atoms with Gasteiger partial charge in [-0.1, -0.05) is 159 Å². The van der Waals surface area contributed by atoms with E-state index in [1.54, 1.807) is 0 Å². The molecule has 1 saturated heterocycles. The Hall–Kier alpha value is -5.60. The van der Waals surface area contributed by atoms with Crippen molar-refractivity contribution in [3.63, 3.8) is 0 Å². The van der Waals surface area contributed by atoms with Crippen LogP contribution in [0.25, 0.3) is 27.6 Å². The van der Waals surface area contributed by atoms with E-state index in [2.05, 4.69) is 182 Å². The molecule has 5 atom stereocenters. The molecular weight excluding hydrogens is 607 g/mol. The van der Waals surface area contributed by atoms with E-state index in [0.717, 1.165) is 18.6 Å². The molecule has 2 nitrogen and oxygen atoms in total. The summed E-state index contributed by atoms with van der Waals surface area (Å²) < 4.78 is 7.88.